The SMILES string of the molecule is O=C(O)CC1(NC(=O)c2ccn(-c3ccc(Cl)c(Cl)c3)n2)CCCC1. The number of aromatic nitrogens is 2. The van der Waals surface area contributed by atoms with Crippen molar-refractivity contribution in [3.05, 3.63) is 46.2 Å². The summed E-state index contributed by atoms with van der Waals surface area (Å²) in [5.41, 5.74) is 0.216. The summed E-state index contributed by atoms with van der Waals surface area (Å²) in [6, 6.07) is 6.63. The standard InChI is InChI=1S/C17H17Cl2N3O3/c18-12-4-3-11(9-13(12)19)22-8-5-14(21-22)16(25)20-17(10-15(23)24)6-1-2-7-17/h3-5,8-9H,1-2,6-7,10H2,(H,20,25)(H,23,24). The minimum atomic E-state index is -0.913. The molecule has 1 aromatic carbocycles. The van der Waals surface area contributed by atoms with Crippen LogP contribution in [0.5, 0.6) is 0 Å². The Labute approximate surface area is 154 Å². The van der Waals surface area contributed by atoms with Crippen molar-refractivity contribution in [2.45, 2.75) is 37.6 Å². The molecule has 132 valence electrons. The predicted octanol–water partition coefficient (Wildman–Crippen LogP) is 3.70. The van der Waals surface area contributed by atoms with Gasteiger partial charge in [-0.15, -0.1) is 0 Å². The number of nitrogens with zero attached hydrogens (tertiary/aromatic N) is 2. The van der Waals surface area contributed by atoms with Gasteiger partial charge in [0.25, 0.3) is 5.91 Å². The van der Waals surface area contributed by atoms with Crippen LogP contribution in [0.1, 0.15) is 42.6 Å². The third-order valence-electron chi connectivity index (χ3n) is 4.42. The zero-order chi connectivity index (χ0) is 18.0. The molecule has 2 aromatic rings. The van der Waals surface area contributed by atoms with Gasteiger partial charge in [0.1, 0.15) is 0 Å². The van der Waals surface area contributed by atoms with Crippen molar-refractivity contribution in [1.82, 2.24) is 15.1 Å². The molecular weight excluding hydrogens is 365 g/mol. The Morgan fingerprint density at radius 1 is 1.20 bits per heavy atom. The number of benzene rings is 1. The Kier molecular flexibility index (Phi) is 5.01. The molecule has 0 radical (unpaired) electrons. The number of hydrogen-bond donors (Lipinski definition) is 2. The van der Waals surface area contributed by atoms with E-state index < -0.39 is 11.5 Å². The Balaban J connectivity index is 1.78. The summed E-state index contributed by atoms with van der Waals surface area (Å²) in [5, 5.41) is 17.1. The van der Waals surface area contributed by atoms with Crippen molar-refractivity contribution < 1.29 is 14.7 Å². The molecule has 0 atom stereocenters. The van der Waals surface area contributed by atoms with Crippen LogP contribution < -0.4 is 5.32 Å². The Hall–Kier alpha value is -2.05. The molecule has 0 spiro atoms. The van der Waals surface area contributed by atoms with Crippen molar-refractivity contribution in [2.75, 3.05) is 0 Å². The van der Waals surface area contributed by atoms with Gasteiger partial charge in [-0.05, 0) is 37.1 Å². The van der Waals surface area contributed by atoms with Crippen molar-refractivity contribution in [1.29, 1.82) is 0 Å². The molecule has 0 bridgehead atoms. The highest BCUT2D eigenvalue weighted by molar-refractivity contribution is 6.42. The number of nitrogens with one attached hydrogen (secondary N) is 1. The molecule has 0 aliphatic heterocycles. The topological polar surface area (TPSA) is 84.2 Å². The van der Waals surface area contributed by atoms with Gasteiger partial charge in [-0.2, -0.15) is 5.10 Å². The zero-order valence-electron chi connectivity index (χ0n) is 13.3. The van der Waals surface area contributed by atoms with Crippen LogP contribution in [-0.2, 0) is 4.79 Å². The minimum Gasteiger partial charge on any atom is -0.481 e. The van der Waals surface area contributed by atoms with Crippen molar-refractivity contribution in [2.24, 2.45) is 0 Å². The first-order valence-corrected chi connectivity index (χ1v) is 8.70. The van der Waals surface area contributed by atoms with E-state index in [4.69, 9.17) is 28.3 Å². The second kappa shape index (κ2) is 7.06. The summed E-state index contributed by atoms with van der Waals surface area (Å²) in [6.45, 7) is 0. The normalized spacial score (nSPS) is 15.9. The van der Waals surface area contributed by atoms with Gasteiger partial charge in [-0.1, -0.05) is 36.0 Å². The first-order chi connectivity index (χ1) is 11.9. The molecule has 2 N–H and O–H groups in total. The van der Waals surface area contributed by atoms with E-state index in [1.54, 1.807) is 30.5 Å². The number of aliphatic carboxylic acids is 1. The third kappa shape index (κ3) is 3.96. The number of halogens is 2. The number of hydrogen-bond acceptors (Lipinski definition) is 3. The van der Waals surface area contributed by atoms with Crippen LogP contribution in [-0.4, -0.2) is 32.3 Å². The van der Waals surface area contributed by atoms with Crippen molar-refractivity contribution in [3.8, 4) is 5.69 Å². The fourth-order valence-corrected chi connectivity index (χ4v) is 3.50. The number of carbonyl (C=O) groups excluding carboxylic acids is 1. The smallest absolute Gasteiger partial charge is 0.305 e. The van der Waals surface area contributed by atoms with Gasteiger partial charge in [-0.3, -0.25) is 9.59 Å². The second-order valence-corrected chi connectivity index (χ2v) is 7.07. The van der Waals surface area contributed by atoms with E-state index in [1.165, 1.54) is 4.68 Å². The Bertz CT molecular complexity index is 813. The molecule has 1 aliphatic carbocycles. The summed E-state index contributed by atoms with van der Waals surface area (Å²) >= 11 is 11.9. The lowest BCUT2D eigenvalue weighted by Gasteiger charge is -2.28. The van der Waals surface area contributed by atoms with Crippen LogP contribution >= 0.6 is 23.2 Å². The molecule has 1 saturated carbocycles. The lowest BCUT2D eigenvalue weighted by molar-refractivity contribution is -0.138. The fourth-order valence-electron chi connectivity index (χ4n) is 3.21. The average molecular weight is 382 g/mol. The van der Waals surface area contributed by atoms with E-state index in [0.717, 1.165) is 12.8 Å². The van der Waals surface area contributed by atoms with Gasteiger partial charge < -0.3 is 10.4 Å². The average Bonchev–Trinajstić information content (AvgIpc) is 3.19. The first-order valence-electron chi connectivity index (χ1n) is 7.94. The summed E-state index contributed by atoms with van der Waals surface area (Å²) in [5.74, 6) is -1.29. The molecule has 0 unspecified atom stereocenters. The highest BCUT2D eigenvalue weighted by Crippen LogP contribution is 2.33. The van der Waals surface area contributed by atoms with Gasteiger partial charge in [0.15, 0.2) is 5.69 Å². The van der Waals surface area contributed by atoms with E-state index in [-0.39, 0.29) is 18.0 Å². The first kappa shape index (κ1) is 17.8. The largest absolute Gasteiger partial charge is 0.481 e. The number of carbonyl (C=O) groups is 2. The number of amides is 1. The molecule has 1 amide bonds. The number of carboxylic acids is 1. The van der Waals surface area contributed by atoms with Crippen LogP contribution in [0.3, 0.4) is 0 Å². The van der Waals surface area contributed by atoms with Crippen LogP contribution in [0.25, 0.3) is 5.69 Å². The van der Waals surface area contributed by atoms with Crippen LogP contribution in [0, 0.1) is 0 Å². The third-order valence-corrected chi connectivity index (χ3v) is 5.16. The molecule has 1 aromatic heterocycles. The molecule has 3 rings (SSSR count). The molecule has 6 nitrogen and oxygen atoms in total. The summed E-state index contributed by atoms with van der Waals surface area (Å²) in [6.07, 6.45) is 4.72. The maximum absolute atomic E-state index is 12.5. The molecule has 8 heteroatoms. The van der Waals surface area contributed by atoms with Crippen LogP contribution in [0.15, 0.2) is 30.5 Å². The molecule has 1 heterocycles. The molecule has 1 aliphatic rings. The Morgan fingerprint density at radius 2 is 1.92 bits per heavy atom. The monoisotopic (exact) mass is 381 g/mol. The predicted molar refractivity (Wildman–Crippen MR) is 94.5 cm³/mol. The second-order valence-electron chi connectivity index (χ2n) is 6.26. The van der Waals surface area contributed by atoms with Gasteiger partial charge in [0.2, 0.25) is 0 Å². The Morgan fingerprint density at radius 3 is 2.56 bits per heavy atom. The fraction of sp³-hybridized carbons (Fsp3) is 0.353. The van der Waals surface area contributed by atoms with Crippen LogP contribution in [0.2, 0.25) is 10.0 Å². The highest BCUT2D eigenvalue weighted by Gasteiger charge is 2.38. The lowest BCUT2D eigenvalue weighted by Crippen LogP contribution is -2.48. The van der Waals surface area contributed by atoms with E-state index in [1.807, 2.05) is 0 Å². The zero-order valence-corrected chi connectivity index (χ0v) is 14.8. The number of carboxylic acid groups (broad SMARTS) is 1. The molecular formula is C17H17Cl2N3O3. The van der Waals surface area contributed by atoms with Crippen molar-refractivity contribution >= 4 is 35.1 Å². The van der Waals surface area contributed by atoms with E-state index in [9.17, 15) is 9.59 Å². The van der Waals surface area contributed by atoms with E-state index in [2.05, 4.69) is 10.4 Å². The van der Waals surface area contributed by atoms with E-state index >= 15 is 0 Å². The van der Waals surface area contributed by atoms with Crippen molar-refractivity contribution in [3.63, 3.8) is 0 Å². The molecule has 1 fully saturated rings. The molecule has 25 heavy (non-hydrogen) atoms. The summed E-state index contributed by atoms with van der Waals surface area (Å²) < 4.78 is 1.52. The minimum absolute atomic E-state index is 0.0771. The maximum Gasteiger partial charge on any atom is 0.305 e. The van der Waals surface area contributed by atoms with Crippen LogP contribution in [0.4, 0.5) is 0 Å². The van der Waals surface area contributed by atoms with Gasteiger partial charge >= 0.3 is 5.97 Å². The summed E-state index contributed by atoms with van der Waals surface area (Å²) in [7, 11) is 0. The highest BCUT2D eigenvalue weighted by atomic mass is 35.5. The lowest BCUT2D eigenvalue weighted by atomic mass is 9.93. The number of rotatable bonds is 5. The maximum atomic E-state index is 12.5. The summed E-state index contributed by atoms with van der Waals surface area (Å²) in [4.78, 5) is 23.7. The van der Waals surface area contributed by atoms with Gasteiger partial charge in [-0.25, -0.2) is 4.68 Å². The van der Waals surface area contributed by atoms with Gasteiger partial charge in [0.05, 0.1) is 27.7 Å². The quantitative estimate of drug-likeness (QED) is 0.826. The van der Waals surface area contributed by atoms with Gasteiger partial charge in [0, 0.05) is 6.20 Å². The van der Waals surface area contributed by atoms with E-state index in [0.29, 0.717) is 28.6 Å². The molecule has 0 saturated heterocycles.